The summed E-state index contributed by atoms with van der Waals surface area (Å²) in [6.45, 7) is 2.28. The van der Waals surface area contributed by atoms with Gasteiger partial charge in [0.15, 0.2) is 5.78 Å². The fourth-order valence-corrected chi connectivity index (χ4v) is 8.30. The fraction of sp³-hybridized carbons (Fsp3) is 0.375. The van der Waals surface area contributed by atoms with Crippen LogP contribution in [-0.2, 0) is 43.4 Å². The van der Waals surface area contributed by atoms with Crippen molar-refractivity contribution in [3.8, 4) is 11.3 Å². The molecular weight excluding hydrogens is 700 g/mol. The summed E-state index contributed by atoms with van der Waals surface area (Å²) in [5.41, 5.74) is 6.43. The van der Waals surface area contributed by atoms with Crippen LogP contribution in [0.5, 0.6) is 0 Å². The lowest BCUT2D eigenvalue weighted by Gasteiger charge is -2.29. The summed E-state index contributed by atoms with van der Waals surface area (Å²) in [4.78, 5) is 69.9. The highest BCUT2D eigenvalue weighted by molar-refractivity contribution is 7.99. The number of halogens is 1. The van der Waals surface area contributed by atoms with Gasteiger partial charge in [-0.3, -0.25) is 29.3 Å². The molecular formula is C40H41FN4O7S. The molecule has 2 aliphatic heterocycles. The van der Waals surface area contributed by atoms with Gasteiger partial charge >= 0.3 is 0 Å². The van der Waals surface area contributed by atoms with Crippen LogP contribution in [0.2, 0.25) is 0 Å². The van der Waals surface area contributed by atoms with Gasteiger partial charge < -0.3 is 24.3 Å². The second-order valence-corrected chi connectivity index (χ2v) is 14.7. The van der Waals surface area contributed by atoms with Crippen molar-refractivity contribution >= 4 is 52.1 Å². The fourth-order valence-electron chi connectivity index (χ4n) is 7.36. The first kappa shape index (κ1) is 36.5. The molecule has 3 aliphatic rings. The number of thioether (sulfide) groups is 1. The second kappa shape index (κ2) is 16.0. The van der Waals surface area contributed by atoms with Gasteiger partial charge in [0.1, 0.15) is 11.9 Å². The van der Waals surface area contributed by atoms with E-state index in [-0.39, 0.29) is 43.0 Å². The molecule has 1 unspecified atom stereocenters. The van der Waals surface area contributed by atoms with E-state index in [1.165, 1.54) is 12.1 Å². The Morgan fingerprint density at radius 1 is 0.943 bits per heavy atom. The highest BCUT2D eigenvalue weighted by atomic mass is 32.2. The third-order valence-electron chi connectivity index (χ3n) is 10.0. The number of ether oxygens (including phenoxy) is 2. The van der Waals surface area contributed by atoms with Gasteiger partial charge in [0, 0.05) is 71.4 Å². The quantitative estimate of drug-likeness (QED) is 0.0993. The summed E-state index contributed by atoms with van der Waals surface area (Å²) in [5.74, 6) is -0.741. The van der Waals surface area contributed by atoms with Crippen molar-refractivity contribution in [3.63, 3.8) is 0 Å². The number of amides is 4. The number of H-pyrrole nitrogens is 1. The molecule has 276 valence electrons. The van der Waals surface area contributed by atoms with Gasteiger partial charge in [-0.2, -0.15) is 0 Å². The van der Waals surface area contributed by atoms with E-state index in [2.05, 4.69) is 10.3 Å². The monoisotopic (exact) mass is 740 g/mol. The largest absolute Gasteiger partial charge is 0.379 e. The molecule has 3 aromatic carbocycles. The maximum Gasteiger partial charge on any atom is 0.255 e. The standard InChI is InChI=1S/C40H41FN4O7S/c1-44(22-24-8-10-25(11-9-24)38-28-5-2-6-33(46)29-20-26(41)21-31(42-38)37(28)29)36(48)14-15-51-16-17-52-18-19-53-34-7-3-4-27-30(34)23-45(40(27)50)32-12-13-35(47)43-39(32)49/h3-4,7-11,20-21,32,42H,2,5-6,12-19,22-23H2,1H3,(H,43,47,49). The Morgan fingerprint density at radius 2 is 1.74 bits per heavy atom. The maximum atomic E-state index is 14.3. The molecule has 1 aromatic heterocycles. The molecule has 0 radical (unpaired) electrons. The van der Waals surface area contributed by atoms with E-state index in [1.54, 1.807) is 34.7 Å². The Hall–Kier alpha value is -4.85. The number of ketones is 1. The Morgan fingerprint density at radius 3 is 2.53 bits per heavy atom. The number of aromatic amines is 1. The van der Waals surface area contributed by atoms with Gasteiger partial charge in [0.05, 0.1) is 32.8 Å². The molecule has 1 saturated heterocycles. The molecule has 4 aromatic rings. The number of nitrogens with one attached hydrogen (secondary N) is 2. The van der Waals surface area contributed by atoms with Crippen LogP contribution in [0.25, 0.3) is 22.2 Å². The van der Waals surface area contributed by atoms with Crippen molar-refractivity contribution in [1.29, 1.82) is 0 Å². The molecule has 7 rings (SSSR count). The second-order valence-electron chi connectivity index (χ2n) is 13.6. The van der Waals surface area contributed by atoms with Gasteiger partial charge in [-0.25, -0.2) is 4.39 Å². The number of carbonyl (C=O) groups excluding carboxylic acids is 5. The van der Waals surface area contributed by atoms with Gasteiger partial charge in [-0.15, -0.1) is 11.8 Å². The summed E-state index contributed by atoms with van der Waals surface area (Å²) < 4.78 is 25.7. The Balaban J connectivity index is 0.805. The van der Waals surface area contributed by atoms with E-state index in [0.717, 1.165) is 44.7 Å². The van der Waals surface area contributed by atoms with E-state index in [1.807, 2.05) is 36.4 Å². The predicted molar refractivity (Wildman–Crippen MR) is 197 cm³/mol. The van der Waals surface area contributed by atoms with Crippen molar-refractivity contribution in [1.82, 2.24) is 20.1 Å². The number of Topliss-reactive ketones (excluding diaryl/α,β-unsaturated/α-hetero) is 1. The zero-order valence-corrected chi connectivity index (χ0v) is 30.3. The van der Waals surface area contributed by atoms with Crippen molar-refractivity contribution in [2.24, 2.45) is 0 Å². The molecule has 13 heteroatoms. The molecule has 11 nitrogen and oxygen atoms in total. The van der Waals surface area contributed by atoms with Crippen molar-refractivity contribution in [2.45, 2.75) is 62.6 Å². The SMILES string of the molecule is CN(Cc1ccc(-c2[nH]c3cc(F)cc4c3c2CCCC4=O)cc1)C(=O)CCOCCOCCSc1cccc2c1CN(C1CCC(=O)NC1=O)C2=O. The molecule has 3 heterocycles. The highest BCUT2D eigenvalue weighted by Crippen LogP contribution is 2.37. The van der Waals surface area contributed by atoms with E-state index < -0.39 is 17.8 Å². The van der Waals surface area contributed by atoms with Crippen molar-refractivity contribution in [3.05, 3.63) is 88.2 Å². The van der Waals surface area contributed by atoms with Crippen LogP contribution in [0.1, 0.15) is 69.5 Å². The van der Waals surface area contributed by atoms with Gasteiger partial charge in [-0.05, 0) is 65.8 Å². The lowest BCUT2D eigenvalue weighted by atomic mass is 9.99. The zero-order chi connectivity index (χ0) is 37.1. The van der Waals surface area contributed by atoms with Crippen LogP contribution in [-0.4, -0.2) is 89.5 Å². The van der Waals surface area contributed by atoms with Crippen LogP contribution >= 0.6 is 11.8 Å². The van der Waals surface area contributed by atoms with E-state index in [0.29, 0.717) is 74.6 Å². The van der Waals surface area contributed by atoms with Crippen LogP contribution in [0, 0.1) is 5.82 Å². The molecule has 4 amide bonds. The number of nitrogens with zero attached hydrogens (tertiary/aromatic N) is 2. The average Bonchev–Trinajstić information content (AvgIpc) is 3.62. The number of piperidine rings is 1. The molecule has 2 N–H and O–H groups in total. The third kappa shape index (κ3) is 7.92. The zero-order valence-electron chi connectivity index (χ0n) is 29.5. The highest BCUT2D eigenvalue weighted by Gasteiger charge is 2.39. The predicted octanol–water partition coefficient (Wildman–Crippen LogP) is 5.43. The molecule has 0 bridgehead atoms. The topological polar surface area (TPSA) is 138 Å². The number of fused-ring (bicyclic) bond motifs is 1. The number of hydrogen-bond donors (Lipinski definition) is 2. The van der Waals surface area contributed by atoms with Crippen LogP contribution in [0.15, 0.2) is 59.5 Å². The average molecular weight is 741 g/mol. The number of carbonyl (C=O) groups is 5. The van der Waals surface area contributed by atoms with Crippen LogP contribution in [0.3, 0.4) is 0 Å². The molecule has 1 aliphatic carbocycles. The van der Waals surface area contributed by atoms with Gasteiger partial charge in [0.25, 0.3) is 5.91 Å². The first-order chi connectivity index (χ1) is 25.7. The number of benzene rings is 3. The van der Waals surface area contributed by atoms with E-state index in [4.69, 9.17) is 9.47 Å². The smallest absolute Gasteiger partial charge is 0.255 e. The molecule has 53 heavy (non-hydrogen) atoms. The number of aryl methyl sites for hydroxylation is 1. The van der Waals surface area contributed by atoms with E-state index in [9.17, 15) is 28.4 Å². The molecule has 1 fully saturated rings. The maximum absolute atomic E-state index is 14.3. The van der Waals surface area contributed by atoms with Crippen LogP contribution < -0.4 is 5.32 Å². The van der Waals surface area contributed by atoms with E-state index >= 15 is 0 Å². The number of aromatic nitrogens is 1. The normalized spacial score (nSPS) is 16.9. The minimum Gasteiger partial charge on any atom is -0.379 e. The van der Waals surface area contributed by atoms with Crippen LogP contribution in [0.4, 0.5) is 4.39 Å². The first-order valence-corrected chi connectivity index (χ1v) is 18.9. The summed E-state index contributed by atoms with van der Waals surface area (Å²) in [6.07, 6.45) is 2.65. The van der Waals surface area contributed by atoms with Gasteiger partial charge in [0.2, 0.25) is 17.7 Å². The minimum absolute atomic E-state index is 0.0251. The lowest BCUT2D eigenvalue weighted by molar-refractivity contribution is -0.137. The first-order valence-electron chi connectivity index (χ1n) is 17.9. The third-order valence-corrected chi connectivity index (χ3v) is 11.1. The Kier molecular flexibility index (Phi) is 11.0. The summed E-state index contributed by atoms with van der Waals surface area (Å²) in [5, 5.41) is 3.15. The summed E-state index contributed by atoms with van der Waals surface area (Å²) >= 11 is 1.58. The number of imide groups is 1. The number of rotatable bonds is 14. The van der Waals surface area contributed by atoms with Gasteiger partial charge in [-0.1, -0.05) is 30.3 Å². The summed E-state index contributed by atoms with van der Waals surface area (Å²) in [7, 11) is 1.76. The van der Waals surface area contributed by atoms with Crippen molar-refractivity contribution < 1.29 is 37.8 Å². The molecule has 0 spiro atoms. The molecule has 1 atom stereocenters. The Bertz CT molecular complexity index is 2080. The number of hydrogen-bond acceptors (Lipinski definition) is 8. The Labute approximate surface area is 310 Å². The summed E-state index contributed by atoms with van der Waals surface area (Å²) in [6, 6.07) is 15.7. The minimum atomic E-state index is -0.642. The lowest BCUT2D eigenvalue weighted by Crippen LogP contribution is -2.52. The van der Waals surface area contributed by atoms with Crippen molar-refractivity contribution in [2.75, 3.05) is 39.2 Å². The molecule has 0 saturated carbocycles.